The van der Waals surface area contributed by atoms with E-state index in [1.165, 1.54) is 6.08 Å². The lowest BCUT2D eigenvalue weighted by Crippen LogP contribution is -2.64. The lowest BCUT2D eigenvalue weighted by Gasteiger charge is -2.38. The van der Waals surface area contributed by atoms with Crippen LogP contribution in [-0.4, -0.2) is 28.1 Å². The van der Waals surface area contributed by atoms with Gasteiger partial charge < -0.3 is 0 Å². The average Bonchev–Trinajstić information content (AvgIpc) is 2.21. The SMILES string of the molecule is C=CCC1(C(C)C)C(=O)NC(=O)N(O)C1=O. The standard InChI is InChI=1S/C10H14N2O4/c1-4-5-10(6(2)3)7(13)11-9(15)12(16)8(10)14/h4,6,16H,1,5H2,2-3H3,(H,11,13,15). The molecule has 0 aromatic carbocycles. The zero-order valence-electron chi connectivity index (χ0n) is 9.19. The van der Waals surface area contributed by atoms with E-state index in [4.69, 9.17) is 0 Å². The maximum absolute atomic E-state index is 11.8. The molecule has 0 aromatic rings. The smallest absolute Gasteiger partial charge is 0.277 e. The number of carbonyl (C=O) groups excluding carboxylic acids is 3. The molecule has 0 spiro atoms. The van der Waals surface area contributed by atoms with E-state index in [1.807, 2.05) is 5.32 Å². The topological polar surface area (TPSA) is 86.7 Å². The number of carbonyl (C=O) groups is 3. The second-order valence-corrected chi connectivity index (χ2v) is 4.00. The Kier molecular flexibility index (Phi) is 3.14. The van der Waals surface area contributed by atoms with Crippen LogP contribution in [-0.2, 0) is 9.59 Å². The first kappa shape index (κ1) is 12.4. The molecule has 0 saturated carbocycles. The van der Waals surface area contributed by atoms with E-state index in [9.17, 15) is 19.6 Å². The van der Waals surface area contributed by atoms with Crippen LogP contribution in [0.4, 0.5) is 4.79 Å². The molecule has 4 amide bonds. The highest BCUT2D eigenvalue weighted by Gasteiger charge is 2.55. The first-order valence-corrected chi connectivity index (χ1v) is 4.87. The van der Waals surface area contributed by atoms with Gasteiger partial charge in [-0.05, 0) is 12.3 Å². The van der Waals surface area contributed by atoms with Crippen molar-refractivity contribution < 1.29 is 19.6 Å². The second-order valence-electron chi connectivity index (χ2n) is 4.00. The molecule has 0 radical (unpaired) electrons. The number of urea groups is 1. The number of imide groups is 2. The number of allylic oxidation sites excluding steroid dienone is 1. The number of nitrogens with zero attached hydrogens (tertiary/aromatic N) is 1. The predicted octanol–water partition coefficient (Wildman–Crippen LogP) is 0.672. The van der Waals surface area contributed by atoms with E-state index in [1.54, 1.807) is 13.8 Å². The van der Waals surface area contributed by atoms with Crippen molar-refractivity contribution in [2.24, 2.45) is 11.3 Å². The maximum Gasteiger partial charge on any atom is 0.355 e. The van der Waals surface area contributed by atoms with Crippen LogP contribution >= 0.6 is 0 Å². The summed E-state index contributed by atoms with van der Waals surface area (Å²) in [6.07, 6.45) is 1.49. The first-order valence-electron chi connectivity index (χ1n) is 4.87. The molecular formula is C10H14N2O4. The van der Waals surface area contributed by atoms with Gasteiger partial charge in [0.25, 0.3) is 5.91 Å². The van der Waals surface area contributed by atoms with Crippen LogP contribution in [0.1, 0.15) is 20.3 Å². The van der Waals surface area contributed by atoms with Crippen LogP contribution in [0.25, 0.3) is 0 Å². The molecule has 88 valence electrons. The molecular weight excluding hydrogens is 212 g/mol. The van der Waals surface area contributed by atoms with Gasteiger partial charge in [-0.1, -0.05) is 19.9 Å². The van der Waals surface area contributed by atoms with Gasteiger partial charge in [0.05, 0.1) is 0 Å². The van der Waals surface area contributed by atoms with E-state index in [-0.39, 0.29) is 17.4 Å². The van der Waals surface area contributed by atoms with Crippen molar-refractivity contribution in [2.75, 3.05) is 0 Å². The summed E-state index contributed by atoms with van der Waals surface area (Å²) in [4.78, 5) is 34.6. The molecule has 1 aliphatic rings. The Balaban J connectivity index is 3.25. The molecule has 2 N–H and O–H groups in total. The zero-order chi connectivity index (χ0) is 12.5. The third kappa shape index (κ3) is 1.51. The number of amides is 4. The lowest BCUT2D eigenvalue weighted by molar-refractivity contribution is -0.176. The molecule has 0 aromatic heterocycles. The van der Waals surface area contributed by atoms with Crippen LogP contribution in [0.2, 0.25) is 0 Å². The summed E-state index contributed by atoms with van der Waals surface area (Å²) >= 11 is 0. The van der Waals surface area contributed by atoms with Gasteiger partial charge in [-0.25, -0.2) is 4.79 Å². The number of hydrogen-bond donors (Lipinski definition) is 2. The normalized spacial score (nSPS) is 26.0. The highest BCUT2D eigenvalue weighted by atomic mass is 16.5. The van der Waals surface area contributed by atoms with E-state index in [0.29, 0.717) is 0 Å². The Morgan fingerprint density at radius 1 is 1.50 bits per heavy atom. The Morgan fingerprint density at radius 3 is 2.50 bits per heavy atom. The van der Waals surface area contributed by atoms with Crippen molar-refractivity contribution >= 4 is 17.8 Å². The third-order valence-electron chi connectivity index (χ3n) is 2.84. The molecule has 1 fully saturated rings. The fourth-order valence-electron chi connectivity index (χ4n) is 1.79. The van der Waals surface area contributed by atoms with Crippen LogP contribution < -0.4 is 5.32 Å². The van der Waals surface area contributed by atoms with Crippen LogP contribution in [0.3, 0.4) is 0 Å². The quantitative estimate of drug-likeness (QED) is 0.420. The van der Waals surface area contributed by atoms with E-state index < -0.39 is 23.3 Å². The predicted molar refractivity (Wildman–Crippen MR) is 54.3 cm³/mol. The minimum Gasteiger partial charge on any atom is -0.277 e. The Labute approximate surface area is 92.9 Å². The van der Waals surface area contributed by atoms with Crippen molar-refractivity contribution in [1.29, 1.82) is 0 Å². The average molecular weight is 226 g/mol. The van der Waals surface area contributed by atoms with Gasteiger partial charge in [-0.3, -0.25) is 20.1 Å². The van der Waals surface area contributed by atoms with Gasteiger partial charge in [-0.2, -0.15) is 0 Å². The van der Waals surface area contributed by atoms with Crippen molar-refractivity contribution in [3.8, 4) is 0 Å². The summed E-state index contributed by atoms with van der Waals surface area (Å²) in [5, 5.41) is 11.2. The number of barbiturate groups is 1. The van der Waals surface area contributed by atoms with Crippen LogP contribution in [0.5, 0.6) is 0 Å². The summed E-state index contributed by atoms with van der Waals surface area (Å²) in [6, 6.07) is -1.12. The molecule has 0 bridgehead atoms. The minimum absolute atomic E-state index is 0.0507. The van der Waals surface area contributed by atoms with Gasteiger partial charge in [0.1, 0.15) is 5.41 Å². The fraction of sp³-hybridized carbons (Fsp3) is 0.500. The van der Waals surface area contributed by atoms with Crippen molar-refractivity contribution in [3.05, 3.63) is 12.7 Å². The number of hydrogen-bond acceptors (Lipinski definition) is 4. The van der Waals surface area contributed by atoms with Gasteiger partial charge in [0, 0.05) is 0 Å². The van der Waals surface area contributed by atoms with Crippen molar-refractivity contribution in [1.82, 2.24) is 10.4 Å². The highest BCUT2D eigenvalue weighted by molar-refractivity contribution is 6.18. The van der Waals surface area contributed by atoms with E-state index >= 15 is 0 Å². The summed E-state index contributed by atoms with van der Waals surface area (Å²) in [7, 11) is 0. The van der Waals surface area contributed by atoms with E-state index in [2.05, 4.69) is 6.58 Å². The summed E-state index contributed by atoms with van der Waals surface area (Å²) in [6.45, 7) is 6.82. The Morgan fingerprint density at radius 2 is 2.06 bits per heavy atom. The van der Waals surface area contributed by atoms with Crippen LogP contribution in [0, 0.1) is 11.3 Å². The molecule has 1 saturated heterocycles. The molecule has 16 heavy (non-hydrogen) atoms. The zero-order valence-corrected chi connectivity index (χ0v) is 9.19. The van der Waals surface area contributed by atoms with Crippen molar-refractivity contribution in [2.45, 2.75) is 20.3 Å². The molecule has 1 aliphatic heterocycles. The fourth-order valence-corrected chi connectivity index (χ4v) is 1.79. The number of rotatable bonds is 3. The molecule has 1 rings (SSSR count). The molecule has 1 heterocycles. The molecule has 0 aliphatic carbocycles. The number of nitrogens with one attached hydrogen (secondary N) is 1. The van der Waals surface area contributed by atoms with Gasteiger partial charge in [-0.15, -0.1) is 11.6 Å². The Hall–Kier alpha value is -1.69. The summed E-state index contributed by atoms with van der Waals surface area (Å²) < 4.78 is 0. The van der Waals surface area contributed by atoms with Gasteiger partial charge in [0.15, 0.2) is 0 Å². The molecule has 1 atom stereocenters. The molecule has 6 nitrogen and oxygen atoms in total. The third-order valence-corrected chi connectivity index (χ3v) is 2.84. The molecule has 1 unspecified atom stereocenters. The second kappa shape index (κ2) is 4.05. The Bertz CT molecular complexity index is 364. The first-order chi connectivity index (χ1) is 7.37. The minimum atomic E-state index is -1.45. The number of hydroxylamine groups is 2. The maximum atomic E-state index is 11.8. The van der Waals surface area contributed by atoms with E-state index in [0.717, 1.165) is 0 Å². The summed E-state index contributed by atoms with van der Waals surface area (Å²) in [5.74, 6) is -1.96. The van der Waals surface area contributed by atoms with Gasteiger partial charge in [0.2, 0.25) is 5.91 Å². The summed E-state index contributed by atoms with van der Waals surface area (Å²) in [5.41, 5.74) is -1.45. The lowest BCUT2D eigenvalue weighted by atomic mass is 9.72. The van der Waals surface area contributed by atoms with Gasteiger partial charge >= 0.3 is 6.03 Å². The van der Waals surface area contributed by atoms with Crippen molar-refractivity contribution in [3.63, 3.8) is 0 Å². The monoisotopic (exact) mass is 226 g/mol. The molecule has 6 heteroatoms. The van der Waals surface area contributed by atoms with Crippen LogP contribution in [0.15, 0.2) is 12.7 Å². The highest BCUT2D eigenvalue weighted by Crippen LogP contribution is 2.36. The largest absolute Gasteiger partial charge is 0.355 e.